The number of nitrogens with two attached hydrogens (primary N) is 2. The van der Waals surface area contributed by atoms with Crippen molar-refractivity contribution >= 4 is 28.4 Å². The van der Waals surface area contributed by atoms with E-state index in [1.807, 2.05) is 18.2 Å². The average Bonchev–Trinajstić information content (AvgIpc) is 2.68. The first-order valence-electron chi connectivity index (χ1n) is 9.43. The van der Waals surface area contributed by atoms with Crippen molar-refractivity contribution in [3.63, 3.8) is 0 Å². The minimum absolute atomic E-state index is 0.127. The SMILES string of the molecule is Nc1nc(N)c2c(N3CCN(Cc4ccccc4OC(F)(F)F)CC3)cccc2n1. The van der Waals surface area contributed by atoms with Crippen molar-refractivity contribution in [2.24, 2.45) is 0 Å². The van der Waals surface area contributed by atoms with Gasteiger partial charge in [-0.05, 0) is 18.2 Å². The second-order valence-electron chi connectivity index (χ2n) is 7.06. The van der Waals surface area contributed by atoms with E-state index in [1.165, 1.54) is 12.1 Å². The third-order valence-corrected chi connectivity index (χ3v) is 5.05. The third-order valence-electron chi connectivity index (χ3n) is 5.05. The highest BCUT2D eigenvalue weighted by Crippen LogP contribution is 2.31. The summed E-state index contributed by atoms with van der Waals surface area (Å²) in [6, 6.07) is 11.9. The molecule has 3 aromatic rings. The first-order valence-corrected chi connectivity index (χ1v) is 9.43. The standard InChI is InChI=1S/C20H21F3N6O/c21-20(22,23)30-16-7-2-1-4-13(16)12-28-8-10-29(11-9-28)15-6-3-5-14-17(15)18(24)27-19(25)26-14/h1-7H,8-12H2,(H4,24,25,26,27). The predicted molar refractivity (Wildman–Crippen MR) is 109 cm³/mol. The van der Waals surface area contributed by atoms with Crippen LogP contribution in [0.4, 0.5) is 30.6 Å². The lowest BCUT2D eigenvalue weighted by Crippen LogP contribution is -2.46. The molecule has 1 aromatic heterocycles. The molecule has 2 aromatic carbocycles. The van der Waals surface area contributed by atoms with E-state index in [0.717, 1.165) is 11.1 Å². The Morgan fingerprint density at radius 2 is 1.67 bits per heavy atom. The monoisotopic (exact) mass is 418 g/mol. The van der Waals surface area contributed by atoms with Crippen LogP contribution in [0.5, 0.6) is 5.75 Å². The Balaban J connectivity index is 1.48. The van der Waals surface area contributed by atoms with Gasteiger partial charge in [0.1, 0.15) is 11.6 Å². The van der Waals surface area contributed by atoms with E-state index < -0.39 is 6.36 Å². The number of fused-ring (bicyclic) bond motifs is 1. The molecule has 0 saturated carbocycles. The quantitative estimate of drug-likeness (QED) is 0.673. The van der Waals surface area contributed by atoms with Crippen LogP contribution < -0.4 is 21.1 Å². The molecule has 0 radical (unpaired) electrons. The number of ether oxygens (including phenoxy) is 1. The first-order chi connectivity index (χ1) is 14.3. The lowest BCUT2D eigenvalue weighted by atomic mass is 10.1. The van der Waals surface area contributed by atoms with Crippen molar-refractivity contribution in [2.45, 2.75) is 12.9 Å². The van der Waals surface area contributed by atoms with Gasteiger partial charge in [0.05, 0.1) is 10.9 Å². The summed E-state index contributed by atoms with van der Waals surface area (Å²) in [7, 11) is 0. The zero-order valence-electron chi connectivity index (χ0n) is 16.1. The molecule has 0 atom stereocenters. The summed E-state index contributed by atoms with van der Waals surface area (Å²) >= 11 is 0. The molecule has 0 unspecified atom stereocenters. The number of benzene rings is 2. The van der Waals surface area contributed by atoms with Gasteiger partial charge >= 0.3 is 6.36 Å². The smallest absolute Gasteiger partial charge is 0.405 e. The van der Waals surface area contributed by atoms with Gasteiger partial charge in [-0.15, -0.1) is 13.2 Å². The van der Waals surface area contributed by atoms with E-state index in [2.05, 4.69) is 24.5 Å². The molecule has 4 rings (SSSR count). The number of piperazine rings is 1. The molecular formula is C20H21F3N6O. The summed E-state index contributed by atoms with van der Waals surface area (Å²) in [5, 5.41) is 0.754. The van der Waals surface area contributed by atoms with Crippen molar-refractivity contribution in [2.75, 3.05) is 42.5 Å². The summed E-state index contributed by atoms with van der Waals surface area (Å²) in [6.07, 6.45) is -4.71. The van der Waals surface area contributed by atoms with Crippen LogP contribution >= 0.6 is 0 Å². The van der Waals surface area contributed by atoms with Gasteiger partial charge in [-0.2, -0.15) is 4.98 Å². The number of anilines is 3. The largest absolute Gasteiger partial charge is 0.573 e. The van der Waals surface area contributed by atoms with Crippen LogP contribution in [0.25, 0.3) is 10.9 Å². The molecule has 0 aliphatic carbocycles. The van der Waals surface area contributed by atoms with E-state index in [0.29, 0.717) is 49.6 Å². The summed E-state index contributed by atoms with van der Waals surface area (Å²) < 4.78 is 42.1. The lowest BCUT2D eigenvalue weighted by molar-refractivity contribution is -0.275. The molecule has 1 saturated heterocycles. The fourth-order valence-corrected chi connectivity index (χ4v) is 3.72. The fraction of sp³-hybridized carbons (Fsp3) is 0.300. The second kappa shape index (κ2) is 7.86. The lowest BCUT2D eigenvalue weighted by Gasteiger charge is -2.36. The molecule has 0 spiro atoms. The Morgan fingerprint density at radius 3 is 2.40 bits per heavy atom. The van der Waals surface area contributed by atoms with Crippen LogP contribution in [-0.4, -0.2) is 47.4 Å². The summed E-state index contributed by atoms with van der Waals surface area (Å²) in [4.78, 5) is 12.6. The number of nitrogens with zero attached hydrogens (tertiary/aromatic N) is 4. The highest BCUT2D eigenvalue weighted by Gasteiger charge is 2.32. The maximum atomic E-state index is 12.7. The highest BCUT2D eigenvalue weighted by atomic mass is 19.4. The summed E-state index contributed by atoms with van der Waals surface area (Å²) in [5.41, 5.74) is 13.9. The molecule has 158 valence electrons. The number of nitrogen functional groups attached to an aromatic ring is 2. The van der Waals surface area contributed by atoms with Crippen LogP contribution in [0, 0.1) is 0 Å². The Labute approximate surface area is 171 Å². The summed E-state index contributed by atoms with van der Waals surface area (Å²) in [5.74, 6) is 0.291. The molecule has 0 bridgehead atoms. The van der Waals surface area contributed by atoms with Crippen LogP contribution in [0.2, 0.25) is 0 Å². The van der Waals surface area contributed by atoms with Gasteiger partial charge in [-0.1, -0.05) is 24.3 Å². The fourth-order valence-electron chi connectivity index (χ4n) is 3.72. The Morgan fingerprint density at radius 1 is 0.933 bits per heavy atom. The molecule has 0 amide bonds. The van der Waals surface area contributed by atoms with E-state index >= 15 is 0 Å². The zero-order chi connectivity index (χ0) is 21.3. The third kappa shape index (κ3) is 4.33. The van der Waals surface area contributed by atoms with Crippen molar-refractivity contribution < 1.29 is 17.9 Å². The number of halogens is 3. The number of para-hydroxylation sites is 1. The molecule has 10 heteroatoms. The highest BCUT2D eigenvalue weighted by molar-refractivity contribution is 5.99. The van der Waals surface area contributed by atoms with Crippen LogP contribution in [0.3, 0.4) is 0 Å². The molecular weight excluding hydrogens is 397 g/mol. The zero-order valence-corrected chi connectivity index (χ0v) is 16.1. The van der Waals surface area contributed by atoms with E-state index in [-0.39, 0.29) is 11.7 Å². The van der Waals surface area contributed by atoms with Crippen molar-refractivity contribution in [3.05, 3.63) is 48.0 Å². The number of hydrogen-bond acceptors (Lipinski definition) is 7. The molecule has 1 fully saturated rings. The van der Waals surface area contributed by atoms with Crippen molar-refractivity contribution in [1.29, 1.82) is 0 Å². The molecule has 1 aliphatic heterocycles. The Bertz CT molecular complexity index is 1050. The average molecular weight is 418 g/mol. The number of alkyl halides is 3. The van der Waals surface area contributed by atoms with Crippen molar-refractivity contribution in [1.82, 2.24) is 14.9 Å². The van der Waals surface area contributed by atoms with Crippen molar-refractivity contribution in [3.8, 4) is 5.75 Å². The minimum atomic E-state index is -4.71. The van der Waals surface area contributed by atoms with E-state index in [9.17, 15) is 13.2 Å². The first kappa shape index (κ1) is 20.0. The Kier molecular flexibility index (Phi) is 5.25. The van der Waals surface area contributed by atoms with Crippen LogP contribution in [-0.2, 0) is 6.54 Å². The topological polar surface area (TPSA) is 93.5 Å². The predicted octanol–water partition coefficient (Wildman–Crippen LogP) is 3.02. The number of rotatable bonds is 4. The maximum absolute atomic E-state index is 12.7. The van der Waals surface area contributed by atoms with Gasteiger partial charge in [0.25, 0.3) is 0 Å². The second-order valence-corrected chi connectivity index (χ2v) is 7.06. The molecule has 4 N–H and O–H groups in total. The Hall–Kier alpha value is -3.27. The minimum Gasteiger partial charge on any atom is -0.405 e. The van der Waals surface area contributed by atoms with E-state index in [1.54, 1.807) is 12.1 Å². The normalized spacial score (nSPS) is 15.5. The van der Waals surface area contributed by atoms with Gasteiger partial charge in [-0.25, -0.2) is 4.98 Å². The van der Waals surface area contributed by atoms with Gasteiger partial charge in [-0.3, -0.25) is 4.90 Å². The van der Waals surface area contributed by atoms with Crippen LogP contribution in [0.15, 0.2) is 42.5 Å². The molecule has 1 aliphatic rings. The van der Waals surface area contributed by atoms with E-state index in [4.69, 9.17) is 11.5 Å². The van der Waals surface area contributed by atoms with Gasteiger partial charge < -0.3 is 21.1 Å². The number of hydrogen-bond donors (Lipinski definition) is 2. The van der Waals surface area contributed by atoms with Gasteiger partial charge in [0, 0.05) is 44.0 Å². The van der Waals surface area contributed by atoms with Gasteiger partial charge in [0.15, 0.2) is 0 Å². The summed E-state index contributed by atoms with van der Waals surface area (Å²) in [6.45, 7) is 3.09. The maximum Gasteiger partial charge on any atom is 0.573 e. The van der Waals surface area contributed by atoms with Gasteiger partial charge in [0.2, 0.25) is 5.95 Å². The molecule has 30 heavy (non-hydrogen) atoms. The number of aromatic nitrogens is 2. The molecule has 2 heterocycles. The molecule has 7 nitrogen and oxygen atoms in total. The van der Waals surface area contributed by atoms with Crippen LogP contribution in [0.1, 0.15) is 5.56 Å².